The van der Waals surface area contributed by atoms with Gasteiger partial charge in [0.25, 0.3) is 0 Å². The summed E-state index contributed by atoms with van der Waals surface area (Å²) in [6.45, 7) is 9.87. The number of anilines is 2. The van der Waals surface area contributed by atoms with E-state index in [1.807, 2.05) is 0 Å². The molecule has 0 saturated heterocycles. The molecule has 0 saturated carbocycles. The number of methoxy groups -OCH3 is 1. The van der Waals surface area contributed by atoms with Gasteiger partial charge in [0, 0.05) is 26.7 Å². The standard InChI is InChI=1S/C14H25BrN4O/c1-5-6-16-13-12(15)14(18-10-17-13)19(7-8-20-4)9-11(2)3/h10-11H,5-9H2,1-4H3,(H,16,17,18). The molecule has 20 heavy (non-hydrogen) atoms. The minimum absolute atomic E-state index is 0.556. The first-order valence-corrected chi connectivity index (χ1v) is 7.87. The smallest absolute Gasteiger partial charge is 0.148 e. The van der Waals surface area contributed by atoms with E-state index in [4.69, 9.17) is 4.74 Å². The lowest BCUT2D eigenvalue weighted by Gasteiger charge is -2.26. The molecule has 1 aromatic rings. The minimum Gasteiger partial charge on any atom is -0.383 e. The maximum atomic E-state index is 5.19. The molecule has 0 bridgehead atoms. The molecule has 1 N–H and O–H groups in total. The van der Waals surface area contributed by atoms with Crippen LogP contribution in [0.3, 0.4) is 0 Å². The van der Waals surface area contributed by atoms with E-state index >= 15 is 0 Å². The van der Waals surface area contributed by atoms with Crippen LogP contribution in [-0.2, 0) is 4.74 Å². The zero-order valence-corrected chi connectivity index (χ0v) is 14.4. The molecule has 1 aromatic heterocycles. The molecule has 0 unspecified atom stereocenters. The highest BCUT2D eigenvalue weighted by atomic mass is 79.9. The zero-order chi connectivity index (χ0) is 15.0. The lowest BCUT2D eigenvalue weighted by Crippen LogP contribution is -2.32. The molecule has 0 radical (unpaired) electrons. The van der Waals surface area contributed by atoms with Gasteiger partial charge in [0.05, 0.1) is 6.61 Å². The molecule has 6 heteroatoms. The predicted molar refractivity (Wildman–Crippen MR) is 87.4 cm³/mol. The topological polar surface area (TPSA) is 50.3 Å². The Bertz CT molecular complexity index is 401. The molecule has 0 aromatic carbocycles. The highest BCUT2D eigenvalue weighted by Gasteiger charge is 2.16. The molecule has 5 nitrogen and oxygen atoms in total. The minimum atomic E-state index is 0.556. The fourth-order valence-corrected chi connectivity index (χ4v) is 2.47. The molecule has 0 aliphatic carbocycles. The number of ether oxygens (including phenoxy) is 1. The summed E-state index contributed by atoms with van der Waals surface area (Å²) in [5.41, 5.74) is 0. The van der Waals surface area contributed by atoms with Crippen molar-refractivity contribution in [2.75, 3.05) is 43.6 Å². The van der Waals surface area contributed by atoms with E-state index in [1.54, 1.807) is 13.4 Å². The van der Waals surface area contributed by atoms with Gasteiger partial charge in [-0.25, -0.2) is 9.97 Å². The molecule has 0 spiro atoms. The Labute approximate surface area is 130 Å². The number of rotatable bonds is 9. The Hall–Kier alpha value is -0.880. The maximum Gasteiger partial charge on any atom is 0.148 e. The molecule has 1 rings (SSSR count). The van der Waals surface area contributed by atoms with Gasteiger partial charge in [-0.1, -0.05) is 20.8 Å². The third-order valence-electron chi connectivity index (χ3n) is 2.76. The van der Waals surface area contributed by atoms with Crippen molar-refractivity contribution in [2.24, 2.45) is 5.92 Å². The number of halogens is 1. The van der Waals surface area contributed by atoms with Crippen molar-refractivity contribution in [3.63, 3.8) is 0 Å². The first-order chi connectivity index (χ1) is 9.60. The van der Waals surface area contributed by atoms with Crippen molar-refractivity contribution in [2.45, 2.75) is 27.2 Å². The Kier molecular flexibility index (Phi) is 7.84. The summed E-state index contributed by atoms with van der Waals surface area (Å²) >= 11 is 3.62. The van der Waals surface area contributed by atoms with E-state index in [0.717, 1.165) is 42.2 Å². The SMILES string of the molecule is CCCNc1ncnc(N(CCOC)CC(C)C)c1Br. The van der Waals surface area contributed by atoms with Gasteiger partial charge in [0.15, 0.2) is 0 Å². The average molecular weight is 345 g/mol. The largest absolute Gasteiger partial charge is 0.383 e. The third kappa shape index (κ3) is 5.25. The van der Waals surface area contributed by atoms with E-state index in [1.165, 1.54) is 0 Å². The van der Waals surface area contributed by atoms with Gasteiger partial charge in [0.2, 0.25) is 0 Å². The molecule has 0 amide bonds. The monoisotopic (exact) mass is 344 g/mol. The lowest BCUT2D eigenvalue weighted by molar-refractivity contribution is 0.204. The summed E-state index contributed by atoms with van der Waals surface area (Å²) < 4.78 is 6.12. The Balaban J connectivity index is 2.93. The maximum absolute atomic E-state index is 5.19. The molecule has 0 aliphatic heterocycles. The first kappa shape index (κ1) is 17.2. The summed E-state index contributed by atoms with van der Waals surface area (Å²) in [5.74, 6) is 2.33. The zero-order valence-electron chi connectivity index (χ0n) is 12.8. The van der Waals surface area contributed by atoms with Crippen LogP contribution in [-0.4, -0.2) is 43.3 Å². The van der Waals surface area contributed by atoms with Crippen molar-refractivity contribution < 1.29 is 4.74 Å². The molecule has 0 atom stereocenters. The summed E-state index contributed by atoms with van der Waals surface area (Å²) in [7, 11) is 1.72. The van der Waals surface area contributed by atoms with E-state index in [0.29, 0.717) is 12.5 Å². The number of nitrogens with one attached hydrogen (secondary N) is 1. The van der Waals surface area contributed by atoms with Crippen LogP contribution in [0.2, 0.25) is 0 Å². The number of nitrogens with zero attached hydrogens (tertiary/aromatic N) is 3. The normalized spacial score (nSPS) is 10.9. The van der Waals surface area contributed by atoms with Gasteiger partial charge in [-0.05, 0) is 28.3 Å². The van der Waals surface area contributed by atoms with Crippen LogP contribution in [0, 0.1) is 5.92 Å². The summed E-state index contributed by atoms with van der Waals surface area (Å²) in [6.07, 6.45) is 2.67. The molecular formula is C14H25BrN4O. The summed E-state index contributed by atoms with van der Waals surface area (Å²) in [6, 6.07) is 0. The highest BCUT2D eigenvalue weighted by molar-refractivity contribution is 9.10. The molecule has 0 fully saturated rings. The van der Waals surface area contributed by atoms with Gasteiger partial charge in [0.1, 0.15) is 22.4 Å². The second-order valence-corrected chi connectivity index (χ2v) is 5.91. The van der Waals surface area contributed by atoms with E-state index in [2.05, 4.69) is 56.9 Å². The van der Waals surface area contributed by atoms with Crippen LogP contribution < -0.4 is 10.2 Å². The van der Waals surface area contributed by atoms with Crippen LogP contribution in [0.1, 0.15) is 27.2 Å². The van der Waals surface area contributed by atoms with E-state index in [9.17, 15) is 0 Å². The Morgan fingerprint density at radius 1 is 1.40 bits per heavy atom. The fourth-order valence-electron chi connectivity index (χ4n) is 1.87. The lowest BCUT2D eigenvalue weighted by atomic mass is 10.2. The van der Waals surface area contributed by atoms with Crippen LogP contribution >= 0.6 is 15.9 Å². The predicted octanol–water partition coefficient (Wildman–Crippen LogP) is 3.17. The van der Waals surface area contributed by atoms with Crippen LogP contribution in [0.5, 0.6) is 0 Å². The van der Waals surface area contributed by atoms with Crippen molar-refractivity contribution in [1.82, 2.24) is 9.97 Å². The number of hydrogen-bond acceptors (Lipinski definition) is 5. The van der Waals surface area contributed by atoms with Gasteiger partial charge >= 0.3 is 0 Å². The van der Waals surface area contributed by atoms with E-state index in [-0.39, 0.29) is 0 Å². The summed E-state index contributed by atoms with van der Waals surface area (Å²) in [4.78, 5) is 11.0. The molecule has 114 valence electrons. The van der Waals surface area contributed by atoms with E-state index < -0.39 is 0 Å². The van der Waals surface area contributed by atoms with Crippen LogP contribution in [0.25, 0.3) is 0 Å². The van der Waals surface area contributed by atoms with Crippen molar-refractivity contribution in [3.8, 4) is 0 Å². The third-order valence-corrected chi connectivity index (χ3v) is 3.49. The molecule has 0 aliphatic rings. The first-order valence-electron chi connectivity index (χ1n) is 7.08. The van der Waals surface area contributed by atoms with Gasteiger partial charge < -0.3 is 15.0 Å². The summed E-state index contributed by atoms with van der Waals surface area (Å²) in [5, 5.41) is 3.31. The Morgan fingerprint density at radius 2 is 2.15 bits per heavy atom. The van der Waals surface area contributed by atoms with Crippen LogP contribution in [0.4, 0.5) is 11.6 Å². The molecule has 1 heterocycles. The van der Waals surface area contributed by atoms with Crippen molar-refractivity contribution in [3.05, 3.63) is 10.8 Å². The van der Waals surface area contributed by atoms with Gasteiger partial charge in [-0.2, -0.15) is 0 Å². The quantitative estimate of drug-likeness (QED) is 0.745. The number of hydrogen-bond donors (Lipinski definition) is 1. The number of aromatic nitrogens is 2. The van der Waals surface area contributed by atoms with Gasteiger partial charge in [-0.3, -0.25) is 0 Å². The Morgan fingerprint density at radius 3 is 2.75 bits per heavy atom. The van der Waals surface area contributed by atoms with Crippen molar-refractivity contribution >= 4 is 27.6 Å². The van der Waals surface area contributed by atoms with Crippen molar-refractivity contribution in [1.29, 1.82) is 0 Å². The van der Waals surface area contributed by atoms with Crippen LogP contribution in [0.15, 0.2) is 10.8 Å². The van der Waals surface area contributed by atoms with Gasteiger partial charge in [-0.15, -0.1) is 0 Å². The average Bonchev–Trinajstić information content (AvgIpc) is 2.42. The fraction of sp³-hybridized carbons (Fsp3) is 0.714. The molecular weight excluding hydrogens is 320 g/mol. The second kappa shape index (κ2) is 9.13. The second-order valence-electron chi connectivity index (χ2n) is 5.12. The highest BCUT2D eigenvalue weighted by Crippen LogP contribution is 2.29.